The van der Waals surface area contributed by atoms with Crippen molar-refractivity contribution in [2.24, 2.45) is 0 Å². The van der Waals surface area contributed by atoms with Gasteiger partial charge in [-0.2, -0.15) is 0 Å². The van der Waals surface area contributed by atoms with Crippen LogP contribution in [0.3, 0.4) is 0 Å². The Bertz CT molecular complexity index is 826. The molecule has 0 aliphatic rings. The summed E-state index contributed by atoms with van der Waals surface area (Å²) in [7, 11) is 0. The van der Waals surface area contributed by atoms with E-state index in [4.69, 9.17) is 17.4 Å². The summed E-state index contributed by atoms with van der Waals surface area (Å²) in [5, 5.41) is 6.04. The summed E-state index contributed by atoms with van der Waals surface area (Å²) in [4.78, 5) is 12.8. The largest absolute Gasteiger partial charge is 0.320 e. The molecule has 4 nitrogen and oxygen atoms in total. The van der Waals surface area contributed by atoms with Gasteiger partial charge in [0.15, 0.2) is 0 Å². The summed E-state index contributed by atoms with van der Waals surface area (Å²) < 4.78 is 0. The van der Waals surface area contributed by atoms with E-state index in [1.807, 2.05) is 24.3 Å². The minimum atomic E-state index is -0.318. The second kappa shape index (κ2) is 4.40. The first-order valence-electron chi connectivity index (χ1n) is 5.70. The number of fused-ring (bicyclic) bond motifs is 1. The number of halogens is 1. The van der Waals surface area contributed by atoms with Gasteiger partial charge in [0.05, 0.1) is 5.39 Å². The van der Waals surface area contributed by atoms with E-state index >= 15 is 0 Å². The molecule has 0 saturated heterocycles. The SMILES string of the molecule is Nn1nc(-c2cccc(Cl)c2)c2ccccc2c1=O. The first-order valence-corrected chi connectivity index (χ1v) is 6.08. The maximum absolute atomic E-state index is 11.9. The number of hydrogen-bond acceptors (Lipinski definition) is 3. The minimum absolute atomic E-state index is 0.318. The van der Waals surface area contributed by atoms with Crippen LogP contribution in [0.2, 0.25) is 5.02 Å². The Morgan fingerprint density at radius 2 is 1.79 bits per heavy atom. The summed E-state index contributed by atoms with van der Waals surface area (Å²) in [6.07, 6.45) is 0. The monoisotopic (exact) mass is 271 g/mol. The summed E-state index contributed by atoms with van der Waals surface area (Å²) in [6, 6.07) is 14.5. The van der Waals surface area contributed by atoms with Crippen LogP contribution in [0, 0.1) is 0 Å². The Balaban J connectivity index is 2.42. The lowest BCUT2D eigenvalue weighted by Gasteiger charge is -2.08. The molecule has 1 heterocycles. The average Bonchev–Trinajstić information content (AvgIpc) is 2.43. The first kappa shape index (κ1) is 11.7. The van der Waals surface area contributed by atoms with Crippen molar-refractivity contribution in [1.82, 2.24) is 9.89 Å². The average molecular weight is 272 g/mol. The molecule has 0 unspecified atom stereocenters. The van der Waals surface area contributed by atoms with Gasteiger partial charge in [-0.3, -0.25) is 4.79 Å². The highest BCUT2D eigenvalue weighted by Crippen LogP contribution is 2.26. The first-order chi connectivity index (χ1) is 9.16. The van der Waals surface area contributed by atoms with Gasteiger partial charge in [0.2, 0.25) is 0 Å². The van der Waals surface area contributed by atoms with E-state index in [1.165, 1.54) is 0 Å². The van der Waals surface area contributed by atoms with Crippen molar-refractivity contribution in [2.45, 2.75) is 0 Å². The third-order valence-corrected chi connectivity index (χ3v) is 3.16. The van der Waals surface area contributed by atoms with E-state index in [-0.39, 0.29) is 5.56 Å². The number of hydrogen-bond donors (Lipinski definition) is 1. The van der Waals surface area contributed by atoms with E-state index in [1.54, 1.807) is 24.3 Å². The van der Waals surface area contributed by atoms with Crippen molar-refractivity contribution in [3.05, 3.63) is 63.9 Å². The standard InChI is InChI=1S/C14H10ClN3O/c15-10-5-3-4-9(8-10)13-11-6-1-2-7-12(11)14(19)18(16)17-13/h1-8H,16H2. The molecule has 0 aliphatic heterocycles. The fourth-order valence-corrected chi connectivity index (χ4v) is 2.25. The van der Waals surface area contributed by atoms with Gasteiger partial charge in [-0.05, 0) is 18.2 Å². The van der Waals surface area contributed by atoms with E-state index < -0.39 is 0 Å². The van der Waals surface area contributed by atoms with Crippen molar-refractivity contribution in [1.29, 1.82) is 0 Å². The Labute approximate surface area is 114 Å². The lowest BCUT2D eigenvalue weighted by molar-refractivity contribution is 0.781. The number of rotatable bonds is 1. The second-order valence-corrected chi connectivity index (χ2v) is 4.59. The van der Waals surface area contributed by atoms with Crippen molar-refractivity contribution < 1.29 is 0 Å². The predicted octanol–water partition coefficient (Wildman–Crippen LogP) is 2.43. The third kappa shape index (κ3) is 1.96. The van der Waals surface area contributed by atoms with Crippen molar-refractivity contribution in [2.75, 3.05) is 5.84 Å². The molecule has 0 amide bonds. The molecule has 3 rings (SSSR count). The molecule has 0 aliphatic carbocycles. The van der Waals surface area contributed by atoms with Gasteiger partial charge in [0, 0.05) is 16.0 Å². The van der Waals surface area contributed by atoms with Crippen LogP contribution in [0.25, 0.3) is 22.0 Å². The smallest absolute Gasteiger partial charge is 0.293 e. The maximum atomic E-state index is 11.9. The fourth-order valence-electron chi connectivity index (χ4n) is 2.06. The molecule has 0 saturated carbocycles. The summed E-state index contributed by atoms with van der Waals surface area (Å²) in [6.45, 7) is 0. The molecular weight excluding hydrogens is 262 g/mol. The number of nitrogens with zero attached hydrogens (tertiary/aromatic N) is 2. The van der Waals surface area contributed by atoms with Crippen LogP contribution in [0.5, 0.6) is 0 Å². The highest BCUT2D eigenvalue weighted by atomic mass is 35.5. The van der Waals surface area contributed by atoms with Gasteiger partial charge in [-0.15, -0.1) is 9.89 Å². The van der Waals surface area contributed by atoms with Crippen molar-refractivity contribution in [3.8, 4) is 11.3 Å². The molecule has 94 valence electrons. The summed E-state index contributed by atoms with van der Waals surface area (Å²) in [5.74, 6) is 5.62. The Morgan fingerprint density at radius 3 is 2.53 bits per heavy atom. The van der Waals surface area contributed by atoms with Crippen molar-refractivity contribution in [3.63, 3.8) is 0 Å². The zero-order valence-corrected chi connectivity index (χ0v) is 10.6. The Morgan fingerprint density at radius 1 is 1.05 bits per heavy atom. The molecule has 0 spiro atoms. The topological polar surface area (TPSA) is 60.9 Å². The van der Waals surface area contributed by atoms with Gasteiger partial charge in [-0.25, -0.2) is 0 Å². The van der Waals surface area contributed by atoms with Crippen LogP contribution in [-0.2, 0) is 0 Å². The summed E-state index contributed by atoms with van der Waals surface area (Å²) in [5.41, 5.74) is 1.14. The Kier molecular flexibility index (Phi) is 2.72. The number of nitrogen functional groups attached to an aromatic ring is 1. The summed E-state index contributed by atoms with van der Waals surface area (Å²) >= 11 is 5.99. The highest BCUT2D eigenvalue weighted by Gasteiger charge is 2.10. The Hall–Kier alpha value is -2.33. The normalized spacial score (nSPS) is 10.8. The van der Waals surface area contributed by atoms with Crippen LogP contribution >= 0.6 is 11.6 Å². The number of nitrogens with two attached hydrogens (primary N) is 1. The molecule has 0 fully saturated rings. The second-order valence-electron chi connectivity index (χ2n) is 4.15. The fraction of sp³-hybridized carbons (Fsp3) is 0. The van der Waals surface area contributed by atoms with E-state index in [0.717, 1.165) is 15.7 Å². The van der Waals surface area contributed by atoms with Gasteiger partial charge in [-0.1, -0.05) is 41.9 Å². The molecule has 3 aromatic rings. The molecule has 5 heteroatoms. The van der Waals surface area contributed by atoms with Crippen LogP contribution in [-0.4, -0.2) is 9.89 Å². The molecule has 2 aromatic carbocycles. The van der Waals surface area contributed by atoms with Crippen molar-refractivity contribution >= 4 is 22.4 Å². The number of benzene rings is 2. The van der Waals surface area contributed by atoms with Gasteiger partial charge >= 0.3 is 0 Å². The zero-order chi connectivity index (χ0) is 13.4. The van der Waals surface area contributed by atoms with E-state index in [9.17, 15) is 4.79 Å². The highest BCUT2D eigenvalue weighted by molar-refractivity contribution is 6.30. The van der Waals surface area contributed by atoms with Crippen LogP contribution < -0.4 is 11.4 Å². The molecule has 0 radical (unpaired) electrons. The molecule has 19 heavy (non-hydrogen) atoms. The predicted molar refractivity (Wildman–Crippen MR) is 76.6 cm³/mol. The van der Waals surface area contributed by atoms with Gasteiger partial charge in [0.25, 0.3) is 5.56 Å². The van der Waals surface area contributed by atoms with Crippen LogP contribution in [0.15, 0.2) is 53.3 Å². The van der Waals surface area contributed by atoms with Crippen LogP contribution in [0.4, 0.5) is 0 Å². The molecule has 0 bridgehead atoms. The number of aromatic nitrogens is 2. The van der Waals surface area contributed by atoms with E-state index in [2.05, 4.69) is 5.10 Å². The zero-order valence-electron chi connectivity index (χ0n) is 9.88. The molecule has 0 atom stereocenters. The molecule has 1 aromatic heterocycles. The third-order valence-electron chi connectivity index (χ3n) is 2.93. The maximum Gasteiger partial charge on any atom is 0.293 e. The van der Waals surface area contributed by atoms with E-state index in [0.29, 0.717) is 16.1 Å². The van der Waals surface area contributed by atoms with Crippen LogP contribution in [0.1, 0.15) is 0 Å². The molecule has 2 N–H and O–H groups in total. The van der Waals surface area contributed by atoms with Gasteiger partial charge < -0.3 is 5.84 Å². The minimum Gasteiger partial charge on any atom is -0.320 e. The lowest BCUT2D eigenvalue weighted by Crippen LogP contribution is -2.30. The van der Waals surface area contributed by atoms with Gasteiger partial charge in [0.1, 0.15) is 5.69 Å². The lowest BCUT2D eigenvalue weighted by atomic mass is 10.1. The molecular formula is C14H10ClN3O. The quantitative estimate of drug-likeness (QED) is 0.692.